The van der Waals surface area contributed by atoms with Gasteiger partial charge < -0.3 is 19.7 Å². The average Bonchev–Trinajstić information content (AvgIpc) is 2.84. The van der Waals surface area contributed by atoms with Crippen molar-refractivity contribution in [2.45, 2.75) is 26.6 Å². The fourth-order valence-corrected chi connectivity index (χ4v) is 3.12. The molecule has 0 radical (unpaired) electrons. The standard InChI is InChI=1S/C18H22ClF3N2O2/c1-12-9-14(11-23-5-7-26-8-6-25)13(2)24(12)15-3-4-17(19)16(10-15)18(20,21)22/h3-4,9-10,23,25H,5-8,11H2,1-2H3/p+1. The third-order valence-electron chi connectivity index (χ3n) is 4.12. The summed E-state index contributed by atoms with van der Waals surface area (Å²) < 4.78 is 46.4. The quantitative estimate of drug-likeness (QED) is 0.680. The Morgan fingerprint density at radius 1 is 1.19 bits per heavy atom. The minimum Gasteiger partial charge on any atom is -0.394 e. The van der Waals surface area contributed by atoms with Crippen molar-refractivity contribution in [3.63, 3.8) is 0 Å². The van der Waals surface area contributed by atoms with Crippen molar-refractivity contribution in [3.05, 3.63) is 51.8 Å². The summed E-state index contributed by atoms with van der Waals surface area (Å²) >= 11 is 5.71. The molecular formula is C18H23ClF3N2O2+. The highest BCUT2D eigenvalue weighted by Gasteiger charge is 2.33. The molecule has 0 saturated carbocycles. The van der Waals surface area contributed by atoms with Gasteiger partial charge in [0.05, 0.1) is 37.0 Å². The van der Waals surface area contributed by atoms with Crippen molar-refractivity contribution < 1.29 is 28.3 Å². The molecule has 0 bridgehead atoms. The van der Waals surface area contributed by atoms with E-state index in [1.165, 1.54) is 6.07 Å². The lowest BCUT2D eigenvalue weighted by atomic mass is 10.2. The zero-order valence-electron chi connectivity index (χ0n) is 14.7. The smallest absolute Gasteiger partial charge is 0.394 e. The second-order valence-corrected chi connectivity index (χ2v) is 6.42. The number of rotatable bonds is 8. The van der Waals surface area contributed by atoms with Crippen LogP contribution in [0, 0.1) is 13.8 Å². The van der Waals surface area contributed by atoms with Gasteiger partial charge in [0.25, 0.3) is 0 Å². The molecular weight excluding hydrogens is 369 g/mol. The molecule has 2 rings (SSSR count). The monoisotopic (exact) mass is 391 g/mol. The number of hydrogen-bond acceptors (Lipinski definition) is 2. The van der Waals surface area contributed by atoms with Gasteiger partial charge in [-0.15, -0.1) is 0 Å². The minimum atomic E-state index is -4.49. The van der Waals surface area contributed by atoms with Crippen LogP contribution in [-0.4, -0.2) is 36.0 Å². The first-order valence-electron chi connectivity index (χ1n) is 8.31. The summed E-state index contributed by atoms with van der Waals surface area (Å²) in [5, 5.41) is 10.4. The lowest BCUT2D eigenvalue weighted by Gasteiger charge is -2.14. The number of alkyl halides is 3. The average molecular weight is 392 g/mol. The van der Waals surface area contributed by atoms with Crippen LogP contribution in [0.1, 0.15) is 22.5 Å². The van der Waals surface area contributed by atoms with Crippen molar-refractivity contribution in [1.82, 2.24) is 4.57 Å². The second-order valence-electron chi connectivity index (χ2n) is 6.01. The van der Waals surface area contributed by atoms with E-state index in [9.17, 15) is 13.2 Å². The molecule has 0 unspecified atom stereocenters. The summed E-state index contributed by atoms with van der Waals surface area (Å²) in [5.74, 6) is 0. The van der Waals surface area contributed by atoms with Crippen LogP contribution in [0.4, 0.5) is 13.2 Å². The topological polar surface area (TPSA) is 51.0 Å². The summed E-state index contributed by atoms with van der Waals surface area (Å²) in [6.45, 7) is 6.04. The number of nitrogens with two attached hydrogens (primary N) is 1. The van der Waals surface area contributed by atoms with Crippen LogP contribution in [-0.2, 0) is 17.5 Å². The third-order valence-corrected chi connectivity index (χ3v) is 4.45. The predicted octanol–water partition coefficient (Wildman–Crippen LogP) is 2.84. The molecule has 26 heavy (non-hydrogen) atoms. The van der Waals surface area contributed by atoms with E-state index < -0.39 is 11.7 Å². The number of quaternary nitrogens is 1. The Labute approximate surface area is 155 Å². The number of benzene rings is 1. The normalized spacial score (nSPS) is 12.0. The summed E-state index contributed by atoms with van der Waals surface area (Å²) in [6, 6.07) is 5.93. The first-order valence-corrected chi connectivity index (χ1v) is 8.68. The minimum absolute atomic E-state index is 0.00214. The molecule has 0 amide bonds. The molecule has 0 aliphatic rings. The fourth-order valence-electron chi connectivity index (χ4n) is 2.89. The summed E-state index contributed by atoms with van der Waals surface area (Å²) in [6.07, 6.45) is -4.49. The summed E-state index contributed by atoms with van der Waals surface area (Å²) in [5.41, 5.74) is 2.41. The number of aliphatic hydroxyl groups excluding tert-OH is 1. The lowest BCUT2D eigenvalue weighted by Crippen LogP contribution is -2.83. The molecule has 4 nitrogen and oxygen atoms in total. The zero-order valence-corrected chi connectivity index (χ0v) is 15.5. The maximum Gasteiger partial charge on any atom is 0.417 e. The van der Waals surface area contributed by atoms with Gasteiger partial charge in [-0.1, -0.05) is 11.6 Å². The third kappa shape index (κ3) is 5.01. The van der Waals surface area contributed by atoms with E-state index in [2.05, 4.69) is 5.32 Å². The van der Waals surface area contributed by atoms with E-state index >= 15 is 0 Å². The molecule has 3 N–H and O–H groups in total. The van der Waals surface area contributed by atoms with Gasteiger partial charge in [-0.2, -0.15) is 13.2 Å². The van der Waals surface area contributed by atoms with Crippen molar-refractivity contribution in [3.8, 4) is 5.69 Å². The molecule has 0 atom stereocenters. The van der Waals surface area contributed by atoms with Crippen LogP contribution >= 0.6 is 11.6 Å². The first-order chi connectivity index (χ1) is 12.3. The first kappa shape index (κ1) is 20.8. The van der Waals surface area contributed by atoms with Gasteiger partial charge in [0.1, 0.15) is 6.54 Å². The second kappa shape index (κ2) is 8.90. The molecule has 0 fully saturated rings. The molecule has 2 aromatic rings. The highest BCUT2D eigenvalue weighted by atomic mass is 35.5. The number of aryl methyl sites for hydroxylation is 1. The summed E-state index contributed by atoms with van der Waals surface area (Å²) in [4.78, 5) is 0. The molecule has 1 heterocycles. The van der Waals surface area contributed by atoms with E-state index in [1.54, 1.807) is 10.6 Å². The Bertz CT molecular complexity index is 745. The Balaban J connectivity index is 2.17. The highest BCUT2D eigenvalue weighted by molar-refractivity contribution is 6.31. The van der Waals surface area contributed by atoms with Crippen molar-refractivity contribution in [1.29, 1.82) is 0 Å². The van der Waals surface area contributed by atoms with Crippen LogP contribution in [0.25, 0.3) is 5.69 Å². The lowest BCUT2D eigenvalue weighted by molar-refractivity contribution is -0.672. The van der Waals surface area contributed by atoms with Gasteiger partial charge in [-0.05, 0) is 38.1 Å². The van der Waals surface area contributed by atoms with Crippen LogP contribution in [0.15, 0.2) is 24.3 Å². The Kier molecular flexibility index (Phi) is 7.11. The number of aromatic nitrogens is 1. The van der Waals surface area contributed by atoms with Gasteiger partial charge in [-0.3, -0.25) is 0 Å². The van der Waals surface area contributed by atoms with Gasteiger partial charge in [-0.25, -0.2) is 0 Å². The number of ether oxygens (including phenoxy) is 1. The fraction of sp³-hybridized carbons (Fsp3) is 0.444. The van der Waals surface area contributed by atoms with E-state index in [-0.39, 0.29) is 11.6 Å². The van der Waals surface area contributed by atoms with E-state index in [4.69, 9.17) is 21.4 Å². The Morgan fingerprint density at radius 2 is 1.92 bits per heavy atom. The van der Waals surface area contributed by atoms with Gasteiger partial charge in [0.2, 0.25) is 0 Å². The number of hydrogen-bond donors (Lipinski definition) is 2. The Hall–Kier alpha value is -1.54. The molecule has 8 heteroatoms. The van der Waals surface area contributed by atoms with Gasteiger partial charge in [0, 0.05) is 22.6 Å². The van der Waals surface area contributed by atoms with Crippen LogP contribution in [0.5, 0.6) is 0 Å². The van der Waals surface area contributed by atoms with E-state index in [0.717, 1.165) is 29.6 Å². The molecule has 0 aliphatic heterocycles. The molecule has 0 aliphatic carbocycles. The molecule has 144 valence electrons. The zero-order chi connectivity index (χ0) is 19.3. The molecule has 1 aromatic carbocycles. The van der Waals surface area contributed by atoms with Crippen LogP contribution in [0.2, 0.25) is 5.02 Å². The van der Waals surface area contributed by atoms with Crippen LogP contribution in [0.3, 0.4) is 0 Å². The van der Waals surface area contributed by atoms with Crippen molar-refractivity contribution >= 4 is 11.6 Å². The molecule has 0 saturated heterocycles. The number of nitrogens with zero attached hydrogens (tertiary/aromatic N) is 1. The van der Waals surface area contributed by atoms with Gasteiger partial charge in [0.15, 0.2) is 0 Å². The van der Waals surface area contributed by atoms with Crippen molar-refractivity contribution in [2.75, 3.05) is 26.4 Å². The number of aliphatic hydroxyl groups is 1. The summed E-state index contributed by atoms with van der Waals surface area (Å²) in [7, 11) is 0. The Morgan fingerprint density at radius 3 is 2.58 bits per heavy atom. The largest absolute Gasteiger partial charge is 0.417 e. The number of halogens is 4. The maximum absolute atomic E-state index is 13.1. The molecule has 0 spiro atoms. The van der Waals surface area contributed by atoms with Crippen LogP contribution < -0.4 is 5.32 Å². The van der Waals surface area contributed by atoms with Gasteiger partial charge >= 0.3 is 6.18 Å². The molecule has 1 aromatic heterocycles. The van der Waals surface area contributed by atoms with Crippen molar-refractivity contribution in [2.24, 2.45) is 0 Å². The van der Waals surface area contributed by atoms with E-state index in [1.807, 2.05) is 19.9 Å². The maximum atomic E-state index is 13.1. The van der Waals surface area contributed by atoms with E-state index in [0.29, 0.717) is 25.4 Å². The SMILES string of the molecule is Cc1cc(C[NH2+]CCOCCO)c(C)n1-c1ccc(Cl)c(C(F)(F)F)c1. The highest BCUT2D eigenvalue weighted by Crippen LogP contribution is 2.36. The predicted molar refractivity (Wildman–Crippen MR) is 93.7 cm³/mol.